The molecule has 3 nitrogen and oxygen atoms in total. The minimum atomic E-state index is -1.15. The van der Waals surface area contributed by atoms with Gasteiger partial charge in [0.25, 0.3) is 0 Å². The first-order valence-electron chi connectivity index (χ1n) is 2.68. The van der Waals surface area contributed by atoms with E-state index in [9.17, 15) is 4.79 Å². The van der Waals surface area contributed by atoms with E-state index in [0.29, 0.717) is 10.2 Å². The van der Waals surface area contributed by atoms with Gasteiger partial charge in [0.1, 0.15) is 0 Å². The Bertz CT molecular complexity index is 329. The van der Waals surface area contributed by atoms with E-state index in [-0.39, 0.29) is 0 Å². The molecular weight excluding hydrogens is 212 g/mol. The van der Waals surface area contributed by atoms with Gasteiger partial charge >= 0.3 is 5.97 Å². The SMILES string of the molecule is O=C(O)C#Cc1ccoc1Br. The topological polar surface area (TPSA) is 50.4 Å². The Balaban J connectivity index is 2.90. The van der Waals surface area contributed by atoms with Crippen LogP contribution in [-0.4, -0.2) is 11.1 Å². The lowest BCUT2D eigenvalue weighted by molar-refractivity contribution is -0.130. The summed E-state index contributed by atoms with van der Waals surface area (Å²) in [6, 6.07) is 1.58. The quantitative estimate of drug-likeness (QED) is 0.666. The average molecular weight is 215 g/mol. The fraction of sp³-hybridized carbons (Fsp3) is 0. The van der Waals surface area contributed by atoms with Crippen molar-refractivity contribution in [3.05, 3.63) is 22.6 Å². The molecule has 56 valence electrons. The molecule has 0 aliphatic rings. The molecule has 0 aliphatic heterocycles. The molecule has 4 heteroatoms. The zero-order valence-electron chi connectivity index (χ0n) is 5.30. The first-order valence-corrected chi connectivity index (χ1v) is 3.47. The van der Waals surface area contributed by atoms with E-state index >= 15 is 0 Å². The second-order valence-corrected chi connectivity index (χ2v) is 2.38. The van der Waals surface area contributed by atoms with Crippen LogP contribution in [0.1, 0.15) is 5.56 Å². The maximum Gasteiger partial charge on any atom is 0.382 e. The summed E-state index contributed by atoms with van der Waals surface area (Å²) in [5.41, 5.74) is 0.535. The summed E-state index contributed by atoms with van der Waals surface area (Å²) < 4.78 is 5.27. The lowest BCUT2D eigenvalue weighted by Crippen LogP contribution is -1.86. The molecule has 0 bridgehead atoms. The van der Waals surface area contributed by atoms with Crippen LogP contribution in [0.25, 0.3) is 0 Å². The van der Waals surface area contributed by atoms with Crippen molar-refractivity contribution in [2.75, 3.05) is 0 Å². The van der Waals surface area contributed by atoms with Crippen molar-refractivity contribution in [3.8, 4) is 11.8 Å². The summed E-state index contributed by atoms with van der Waals surface area (Å²) in [6.07, 6.45) is 1.43. The summed E-state index contributed by atoms with van der Waals surface area (Å²) in [6.45, 7) is 0. The Labute approximate surface area is 71.1 Å². The normalized spacial score (nSPS) is 8.45. The number of carboxylic acids is 1. The predicted molar refractivity (Wildman–Crippen MR) is 40.9 cm³/mol. The Morgan fingerprint density at radius 1 is 1.73 bits per heavy atom. The molecule has 0 aromatic carbocycles. The molecule has 1 heterocycles. The predicted octanol–water partition coefficient (Wildman–Crippen LogP) is 1.48. The molecule has 0 saturated carbocycles. The number of carboxylic acid groups (broad SMARTS) is 1. The molecule has 11 heavy (non-hydrogen) atoms. The Morgan fingerprint density at radius 3 is 2.91 bits per heavy atom. The van der Waals surface area contributed by atoms with Crippen molar-refractivity contribution in [3.63, 3.8) is 0 Å². The van der Waals surface area contributed by atoms with Crippen LogP contribution in [0.3, 0.4) is 0 Å². The third kappa shape index (κ3) is 2.13. The maximum atomic E-state index is 9.99. The molecule has 0 radical (unpaired) electrons. The van der Waals surface area contributed by atoms with Gasteiger partial charge in [0, 0.05) is 5.92 Å². The highest BCUT2D eigenvalue weighted by Gasteiger charge is 1.97. The van der Waals surface area contributed by atoms with Crippen molar-refractivity contribution in [1.82, 2.24) is 0 Å². The zero-order chi connectivity index (χ0) is 8.27. The fourth-order valence-electron chi connectivity index (χ4n) is 0.502. The third-order valence-electron chi connectivity index (χ3n) is 0.922. The number of aliphatic carboxylic acids is 1. The number of carbonyl (C=O) groups is 1. The molecule has 0 aliphatic carbocycles. The van der Waals surface area contributed by atoms with Crippen LogP contribution in [0.2, 0.25) is 0 Å². The van der Waals surface area contributed by atoms with E-state index in [1.165, 1.54) is 6.26 Å². The monoisotopic (exact) mass is 214 g/mol. The van der Waals surface area contributed by atoms with E-state index < -0.39 is 5.97 Å². The highest BCUT2D eigenvalue weighted by Crippen LogP contribution is 2.15. The van der Waals surface area contributed by atoms with Crippen LogP contribution in [0.4, 0.5) is 0 Å². The second-order valence-electron chi connectivity index (χ2n) is 1.66. The molecule has 0 unspecified atom stereocenters. The Morgan fingerprint density at radius 2 is 2.45 bits per heavy atom. The van der Waals surface area contributed by atoms with Crippen molar-refractivity contribution < 1.29 is 14.3 Å². The van der Waals surface area contributed by atoms with Crippen molar-refractivity contribution in [1.29, 1.82) is 0 Å². The third-order valence-corrected chi connectivity index (χ3v) is 1.54. The van der Waals surface area contributed by atoms with Gasteiger partial charge in [-0.05, 0) is 22.0 Å². The Kier molecular flexibility index (Phi) is 2.34. The van der Waals surface area contributed by atoms with Gasteiger partial charge in [-0.25, -0.2) is 4.79 Å². The van der Waals surface area contributed by atoms with Gasteiger partial charge < -0.3 is 9.52 Å². The van der Waals surface area contributed by atoms with Crippen LogP contribution in [0.5, 0.6) is 0 Å². The molecule has 0 saturated heterocycles. The number of rotatable bonds is 0. The summed E-state index contributed by atoms with van der Waals surface area (Å²) >= 11 is 3.05. The Hall–Kier alpha value is -1.21. The van der Waals surface area contributed by atoms with E-state index in [0.717, 1.165) is 0 Å². The largest absolute Gasteiger partial charge is 0.472 e. The molecule has 1 rings (SSSR count). The summed E-state index contributed by atoms with van der Waals surface area (Å²) in [5.74, 6) is 3.21. The first-order chi connectivity index (χ1) is 5.20. The van der Waals surface area contributed by atoms with Crippen LogP contribution in [0, 0.1) is 11.8 Å². The standard InChI is InChI=1S/C7H3BrO3/c8-7-5(3-4-11-7)1-2-6(9)10/h3-4H,(H,9,10). The molecule has 1 aromatic rings. The van der Waals surface area contributed by atoms with E-state index in [1.54, 1.807) is 6.07 Å². The minimum Gasteiger partial charge on any atom is -0.472 e. The lowest BCUT2D eigenvalue weighted by atomic mass is 10.3. The van der Waals surface area contributed by atoms with Gasteiger partial charge in [-0.1, -0.05) is 5.92 Å². The van der Waals surface area contributed by atoms with Crippen LogP contribution in [0.15, 0.2) is 21.4 Å². The average Bonchev–Trinajstić information content (AvgIpc) is 2.31. The molecule has 1 N–H and O–H groups in total. The van der Waals surface area contributed by atoms with E-state index in [4.69, 9.17) is 9.52 Å². The minimum absolute atomic E-state index is 0.450. The maximum absolute atomic E-state index is 9.99. The lowest BCUT2D eigenvalue weighted by Gasteiger charge is -1.78. The first kappa shape index (κ1) is 7.89. The number of hydrogen-bond donors (Lipinski definition) is 1. The van der Waals surface area contributed by atoms with Gasteiger partial charge in [-0.15, -0.1) is 0 Å². The van der Waals surface area contributed by atoms with Crippen LogP contribution < -0.4 is 0 Å². The fourth-order valence-corrected chi connectivity index (χ4v) is 0.842. The number of furan rings is 1. The molecule has 0 atom stereocenters. The summed E-state index contributed by atoms with van der Waals surface area (Å²) in [4.78, 5) is 9.99. The number of halogens is 1. The molecule has 1 aromatic heterocycles. The van der Waals surface area contributed by atoms with Gasteiger partial charge in [-0.2, -0.15) is 0 Å². The number of hydrogen-bond acceptors (Lipinski definition) is 2. The summed E-state index contributed by atoms with van der Waals surface area (Å²) in [7, 11) is 0. The second kappa shape index (κ2) is 3.26. The molecular formula is C7H3BrO3. The van der Waals surface area contributed by atoms with Crippen molar-refractivity contribution in [2.45, 2.75) is 0 Å². The van der Waals surface area contributed by atoms with Gasteiger partial charge in [0.2, 0.25) is 0 Å². The van der Waals surface area contributed by atoms with Gasteiger partial charge in [0.15, 0.2) is 4.67 Å². The van der Waals surface area contributed by atoms with Gasteiger partial charge in [0.05, 0.1) is 11.8 Å². The zero-order valence-corrected chi connectivity index (χ0v) is 6.88. The highest BCUT2D eigenvalue weighted by atomic mass is 79.9. The molecule has 0 amide bonds. The van der Waals surface area contributed by atoms with E-state index in [1.807, 2.05) is 5.92 Å². The summed E-state index contributed by atoms with van der Waals surface area (Å²) in [5, 5.41) is 8.18. The van der Waals surface area contributed by atoms with Crippen molar-refractivity contribution in [2.24, 2.45) is 0 Å². The highest BCUT2D eigenvalue weighted by molar-refractivity contribution is 9.10. The van der Waals surface area contributed by atoms with Crippen molar-refractivity contribution >= 4 is 21.9 Å². The van der Waals surface area contributed by atoms with E-state index in [2.05, 4.69) is 21.9 Å². The smallest absolute Gasteiger partial charge is 0.382 e. The van der Waals surface area contributed by atoms with Gasteiger partial charge in [-0.3, -0.25) is 0 Å². The van der Waals surface area contributed by atoms with Crippen LogP contribution in [-0.2, 0) is 4.79 Å². The molecule has 0 fully saturated rings. The molecule has 0 spiro atoms. The van der Waals surface area contributed by atoms with Crippen LogP contribution >= 0.6 is 15.9 Å².